The van der Waals surface area contributed by atoms with Crippen molar-refractivity contribution in [2.75, 3.05) is 7.05 Å². The van der Waals surface area contributed by atoms with E-state index in [-0.39, 0.29) is 17.6 Å². The zero-order valence-corrected chi connectivity index (χ0v) is 9.86. The first-order chi connectivity index (χ1) is 7.63. The minimum absolute atomic E-state index is 0.0592. The number of carbonyl (C=O) groups is 1. The lowest BCUT2D eigenvalue weighted by Crippen LogP contribution is -2.70. The van der Waals surface area contributed by atoms with Gasteiger partial charge in [-0.2, -0.15) is 10.1 Å². The molecule has 3 rings (SSSR count). The fraction of sp³-hybridized carbons (Fsp3) is 0.818. The van der Waals surface area contributed by atoms with E-state index in [2.05, 4.69) is 15.5 Å². The summed E-state index contributed by atoms with van der Waals surface area (Å²) in [5, 5.41) is 8.63. The predicted molar refractivity (Wildman–Crippen MR) is 60.5 cm³/mol. The van der Waals surface area contributed by atoms with E-state index in [0.29, 0.717) is 0 Å². The Bertz CT molecular complexity index is 359. The zero-order chi connectivity index (χ0) is 11.3. The highest BCUT2D eigenvalue weighted by atomic mass is 16.2. The van der Waals surface area contributed by atoms with Crippen molar-refractivity contribution in [1.29, 1.82) is 0 Å². The van der Waals surface area contributed by atoms with Crippen LogP contribution >= 0.6 is 0 Å². The molecule has 1 atom stereocenters. The maximum Gasteiger partial charge on any atom is 0.259 e. The maximum absolute atomic E-state index is 11.9. The van der Waals surface area contributed by atoms with E-state index in [1.807, 2.05) is 19.0 Å². The second-order valence-corrected chi connectivity index (χ2v) is 5.12. The molecule has 1 N–H and O–H groups in total. The third kappa shape index (κ3) is 1.15. The summed E-state index contributed by atoms with van der Waals surface area (Å²) in [6.45, 7) is 2.01. The fourth-order valence-electron chi connectivity index (χ4n) is 3.25. The topological polar surface area (TPSA) is 47.9 Å². The summed E-state index contributed by atoms with van der Waals surface area (Å²) in [5.41, 5.74) is 4.00. The SMILES string of the molecule is CC1=NN2C(C1)C(=O)NN(C)C21CCCC1. The Morgan fingerprint density at radius 1 is 1.44 bits per heavy atom. The van der Waals surface area contributed by atoms with Crippen molar-refractivity contribution >= 4 is 11.6 Å². The Balaban J connectivity index is 2.00. The number of hydrazine groups is 1. The molecule has 0 aromatic rings. The molecule has 0 aromatic carbocycles. The highest BCUT2D eigenvalue weighted by Gasteiger charge is 2.53. The molecule has 2 heterocycles. The van der Waals surface area contributed by atoms with E-state index in [4.69, 9.17) is 0 Å². The first-order valence-corrected chi connectivity index (χ1v) is 6.01. The highest BCUT2D eigenvalue weighted by molar-refractivity contribution is 5.93. The lowest BCUT2D eigenvalue weighted by atomic mass is 10.0. The van der Waals surface area contributed by atoms with Crippen LogP contribution in [0.1, 0.15) is 39.0 Å². The van der Waals surface area contributed by atoms with E-state index >= 15 is 0 Å². The highest BCUT2D eigenvalue weighted by Crippen LogP contribution is 2.42. The van der Waals surface area contributed by atoms with Gasteiger partial charge in [-0.15, -0.1) is 0 Å². The van der Waals surface area contributed by atoms with Crippen LogP contribution in [-0.4, -0.2) is 40.4 Å². The van der Waals surface area contributed by atoms with Gasteiger partial charge in [-0.25, -0.2) is 0 Å². The van der Waals surface area contributed by atoms with Crippen LogP contribution in [0.25, 0.3) is 0 Å². The molecule has 0 bridgehead atoms. The first kappa shape index (κ1) is 10.1. The fourth-order valence-corrected chi connectivity index (χ4v) is 3.25. The molecule has 5 nitrogen and oxygen atoms in total. The molecule has 0 aromatic heterocycles. The molecule has 1 spiro atoms. The van der Waals surface area contributed by atoms with Crippen LogP contribution < -0.4 is 5.43 Å². The summed E-state index contributed by atoms with van der Waals surface area (Å²) in [6, 6.07) is -0.0747. The normalized spacial score (nSPS) is 32.9. The number of nitrogens with zero attached hydrogens (tertiary/aromatic N) is 3. The van der Waals surface area contributed by atoms with Crippen molar-refractivity contribution < 1.29 is 4.79 Å². The molecular weight excluding hydrogens is 204 g/mol. The maximum atomic E-state index is 11.9. The van der Waals surface area contributed by atoms with E-state index < -0.39 is 0 Å². The smallest absolute Gasteiger partial charge is 0.259 e. The van der Waals surface area contributed by atoms with Crippen molar-refractivity contribution in [3.05, 3.63) is 0 Å². The number of amides is 1. The molecule has 2 aliphatic heterocycles. The van der Waals surface area contributed by atoms with E-state index in [9.17, 15) is 4.79 Å². The summed E-state index contributed by atoms with van der Waals surface area (Å²) in [4.78, 5) is 11.9. The van der Waals surface area contributed by atoms with Crippen molar-refractivity contribution in [2.24, 2.45) is 5.10 Å². The molecule has 0 radical (unpaired) electrons. The molecule has 1 unspecified atom stereocenters. The van der Waals surface area contributed by atoms with Gasteiger partial charge >= 0.3 is 0 Å². The average Bonchev–Trinajstić information content (AvgIpc) is 2.82. The standard InChI is InChI=1S/C11H18N4O/c1-8-7-9-10(16)13-14(2)11(15(9)12-8)5-3-4-6-11/h9H,3-7H2,1-2H3,(H,13,16). The predicted octanol–water partition coefficient (Wildman–Crippen LogP) is 0.683. The van der Waals surface area contributed by atoms with Crippen LogP contribution in [0.2, 0.25) is 0 Å². The van der Waals surface area contributed by atoms with Gasteiger partial charge in [-0.1, -0.05) is 0 Å². The Kier molecular flexibility index (Phi) is 2.01. The number of hydrogen-bond donors (Lipinski definition) is 1. The second-order valence-electron chi connectivity index (χ2n) is 5.12. The lowest BCUT2D eigenvalue weighted by Gasteiger charge is -2.50. The minimum Gasteiger partial charge on any atom is -0.285 e. The molecule has 1 saturated heterocycles. The molecule has 1 amide bonds. The van der Waals surface area contributed by atoms with Gasteiger partial charge in [0.1, 0.15) is 11.7 Å². The number of hydrogen-bond acceptors (Lipinski definition) is 4. The quantitative estimate of drug-likeness (QED) is 0.656. The number of nitrogens with one attached hydrogen (secondary N) is 1. The monoisotopic (exact) mass is 222 g/mol. The van der Waals surface area contributed by atoms with Gasteiger partial charge in [0.25, 0.3) is 5.91 Å². The Morgan fingerprint density at radius 2 is 2.12 bits per heavy atom. The zero-order valence-electron chi connectivity index (χ0n) is 9.86. The van der Waals surface area contributed by atoms with Crippen molar-refractivity contribution in [3.63, 3.8) is 0 Å². The van der Waals surface area contributed by atoms with Crippen molar-refractivity contribution in [3.8, 4) is 0 Å². The molecule has 3 aliphatic rings. The Morgan fingerprint density at radius 3 is 2.81 bits per heavy atom. The van der Waals surface area contributed by atoms with Crippen molar-refractivity contribution in [1.82, 2.24) is 15.4 Å². The first-order valence-electron chi connectivity index (χ1n) is 6.01. The molecule has 1 aliphatic carbocycles. The second kappa shape index (κ2) is 3.20. The van der Waals surface area contributed by atoms with Crippen LogP contribution in [0, 0.1) is 0 Å². The summed E-state index contributed by atoms with van der Waals surface area (Å²) < 4.78 is 0. The largest absolute Gasteiger partial charge is 0.285 e. The van der Waals surface area contributed by atoms with Gasteiger partial charge in [0.2, 0.25) is 0 Å². The van der Waals surface area contributed by atoms with Crippen LogP contribution in [0.4, 0.5) is 0 Å². The number of carbonyl (C=O) groups excluding carboxylic acids is 1. The van der Waals surface area contributed by atoms with Gasteiger partial charge < -0.3 is 0 Å². The molecule has 2 fully saturated rings. The van der Waals surface area contributed by atoms with Gasteiger partial charge in [0.05, 0.1) is 0 Å². The molecule has 88 valence electrons. The third-order valence-electron chi connectivity index (χ3n) is 4.10. The van der Waals surface area contributed by atoms with E-state index in [0.717, 1.165) is 25.0 Å². The number of rotatable bonds is 0. The molecular formula is C11H18N4O. The number of hydrazone groups is 1. The molecule has 5 heteroatoms. The third-order valence-corrected chi connectivity index (χ3v) is 4.10. The van der Waals surface area contributed by atoms with Crippen molar-refractivity contribution in [2.45, 2.75) is 50.7 Å². The molecule has 1 saturated carbocycles. The van der Waals surface area contributed by atoms with Gasteiger partial charge in [0, 0.05) is 19.2 Å². The average molecular weight is 222 g/mol. The Hall–Kier alpha value is -1.10. The number of fused-ring (bicyclic) bond motifs is 2. The van der Waals surface area contributed by atoms with Crippen LogP contribution in [0.5, 0.6) is 0 Å². The minimum atomic E-state index is -0.0747. The Labute approximate surface area is 95.4 Å². The molecule has 16 heavy (non-hydrogen) atoms. The lowest BCUT2D eigenvalue weighted by molar-refractivity contribution is -0.164. The van der Waals surface area contributed by atoms with Gasteiger partial charge in [0.15, 0.2) is 0 Å². The summed E-state index contributed by atoms with van der Waals surface area (Å²) in [6.07, 6.45) is 5.41. The van der Waals surface area contributed by atoms with Crippen LogP contribution in [0.3, 0.4) is 0 Å². The summed E-state index contributed by atoms with van der Waals surface area (Å²) in [7, 11) is 1.96. The van der Waals surface area contributed by atoms with E-state index in [1.54, 1.807) is 0 Å². The van der Waals surface area contributed by atoms with Crippen LogP contribution in [-0.2, 0) is 4.79 Å². The van der Waals surface area contributed by atoms with E-state index in [1.165, 1.54) is 12.8 Å². The van der Waals surface area contributed by atoms with Gasteiger partial charge in [-0.3, -0.25) is 15.2 Å². The van der Waals surface area contributed by atoms with Crippen LogP contribution in [0.15, 0.2) is 5.10 Å². The van der Waals surface area contributed by atoms with Gasteiger partial charge in [-0.05, 0) is 32.6 Å². The summed E-state index contributed by atoms with van der Waals surface area (Å²) in [5.74, 6) is 0.0839. The summed E-state index contributed by atoms with van der Waals surface area (Å²) >= 11 is 0.